The fraction of sp³-hybridized carbons (Fsp3) is 0.333. The van der Waals surface area contributed by atoms with Gasteiger partial charge in [0.05, 0.1) is 0 Å². The third-order valence-electron chi connectivity index (χ3n) is 4.44. The third-order valence-corrected chi connectivity index (χ3v) is 6.14. The number of halogens is 3. The van der Waals surface area contributed by atoms with Crippen molar-refractivity contribution in [2.45, 2.75) is 38.8 Å². The molecule has 2 aromatic carbocycles. The van der Waals surface area contributed by atoms with Gasteiger partial charge in [0.25, 0.3) is 0 Å². The maximum atomic E-state index is 12.6. The van der Waals surface area contributed by atoms with Crippen molar-refractivity contribution >= 4 is 13.8 Å². The van der Waals surface area contributed by atoms with Crippen LogP contribution in [0.15, 0.2) is 48.5 Å². The van der Waals surface area contributed by atoms with E-state index >= 15 is 0 Å². The molecule has 10 heteroatoms. The van der Waals surface area contributed by atoms with Gasteiger partial charge in [0, 0.05) is 31.5 Å². The van der Waals surface area contributed by atoms with Gasteiger partial charge in [-0.3, -0.25) is 4.57 Å². The van der Waals surface area contributed by atoms with E-state index in [0.29, 0.717) is 29.5 Å². The lowest BCUT2D eigenvalue weighted by Crippen LogP contribution is -2.22. The molecule has 0 aliphatic rings. The van der Waals surface area contributed by atoms with E-state index in [9.17, 15) is 13.2 Å². The minimum atomic E-state index is -4.78. The average Bonchev–Trinajstić information content (AvgIpc) is 3.07. The molecule has 1 aromatic heterocycles. The Balaban J connectivity index is 1.95. The van der Waals surface area contributed by atoms with Gasteiger partial charge in [0.2, 0.25) is 0 Å². The number of rotatable bonds is 8. The summed E-state index contributed by atoms with van der Waals surface area (Å²) in [7, 11) is -1.28. The van der Waals surface area contributed by atoms with E-state index in [-0.39, 0.29) is 12.5 Å². The van der Waals surface area contributed by atoms with Crippen LogP contribution < -0.4 is 10.5 Å². The van der Waals surface area contributed by atoms with Crippen LogP contribution in [0.2, 0.25) is 25.7 Å². The van der Waals surface area contributed by atoms with Gasteiger partial charge < -0.3 is 15.2 Å². The van der Waals surface area contributed by atoms with E-state index in [1.807, 2.05) is 6.07 Å². The molecule has 0 amide bonds. The van der Waals surface area contributed by atoms with Gasteiger partial charge in [-0.2, -0.15) is 0 Å². The number of nitrogens with zero attached hydrogens (tertiary/aromatic N) is 3. The van der Waals surface area contributed by atoms with E-state index in [0.717, 1.165) is 11.6 Å². The zero-order valence-electron chi connectivity index (χ0n) is 17.6. The maximum absolute atomic E-state index is 12.6. The van der Waals surface area contributed by atoms with Gasteiger partial charge in [-0.1, -0.05) is 43.9 Å². The molecule has 0 atom stereocenters. The average molecular weight is 451 g/mol. The van der Waals surface area contributed by atoms with Crippen LogP contribution in [0, 0.1) is 0 Å². The van der Waals surface area contributed by atoms with Gasteiger partial charge in [0.15, 0.2) is 11.6 Å². The largest absolute Gasteiger partial charge is 0.573 e. The molecule has 0 aliphatic carbocycles. The molecule has 1 heterocycles. The van der Waals surface area contributed by atoms with Crippen molar-refractivity contribution in [3.8, 4) is 28.5 Å². The normalized spacial score (nSPS) is 12.2. The minimum Gasteiger partial charge on any atom is -0.406 e. The van der Waals surface area contributed by atoms with Crippen LogP contribution in [-0.2, 0) is 11.5 Å². The Morgan fingerprint density at radius 3 is 2.16 bits per heavy atom. The second-order valence-corrected chi connectivity index (χ2v) is 13.9. The number of nitrogen functional groups attached to an aromatic ring is 1. The highest BCUT2D eigenvalue weighted by Gasteiger charge is 2.31. The zero-order chi connectivity index (χ0) is 22.6. The molecule has 0 bridgehead atoms. The van der Waals surface area contributed by atoms with Crippen molar-refractivity contribution < 1.29 is 22.6 Å². The number of anilines is 1. The van der Waals surface area contributed by atoms with Gasteiger partial charge >= 0.3 is 6.36 Å². The van der Waals surface area contributed by atoms with E-state index in [1.165, 1.54) is 18.2 Å². The molecular formula is C21H25F3N4O2Si. The number of benzene rings is 2. The van der Waals surface area contributed by atoms with Crippen LogP contribution in [0.5, 0.6) is 5.75 Å². The predicted molar refractivity (Wildman–Crippen MR) is 116 cm³/mol. The Morgan fingerprint density at radius 1 is 0.968 bits per heavy atom. The van der Waals surface area contributed by atoms with Crippen LogP contribution in [0.25, 0.3) is 22.8 Å². The van der Waals surface area contributed by atoms with E-state index in [2.05, 4.69) is 34.6 Å². The molecule has 166 valence electrons. The first-order valence-electron chi connectivity index (χ1n) is 9.75. The van der Waals surface area contributed by atoms with Gasteiger partial charge in [-0.25, -0.2) is 0 Å². The lowest BCUT2D eigenvalue weighted by molar-refractivity contribution is -0.274. The summed E-state index contributed by atoms with van der Waals surface area (Å²) >= 11 is 0. The molecule has 0 aliphatic heterocycles. The number of nitrogens with two attached hydrogens (primary N) is 1. The van der Waals surface area contributed by atoms with Gasteiger partial charge in [-0.05, 0) is 30.3 Å². The quantitative estimate of drug-likeness (QED) is 0.282. The highest BCUT2D eigenvalue weighted by molar-refractivity contribution is 6.76. The summed E-state index contributed by atoms with van der Waals surface area (Å²) in [6.45, 7) is 7.49. The second kappa shape index (κ2) is 9.11. The molecule has 6 nitrogen and oxygen atoms in total. The smallest absolute Gasteiger partial charge is 0.406 e. The Bertz CT molecular complexity index is 1030. The summed E-state index contributed by atoms with van der Waals surface area (Å²) in [5.41, 5.74) is 7.63. The third kappa shape index (κ3) is 6.56. The molecule has 0 fully saturated rings. The highest BCUT2D eigenvalue weighted by atomic mass is 28.3. The van der Waals surface area contributed by atoms with Crippen molar-refractivity contribution in [1.82, 2.24) is 14.8 Å². The molecular weight excluding hydrogens is 425 g/mol. The molecule has 3 aromatic rings. The summed E-state index contributed by atoms with van der Waals surface area (Å²) < 4.78 is 49.6. The van der Waals surface area contributed by atoms with Crippen molar-refractivity contribution in [3.63, 3.8) is 0 Å². The van der Waals surface area contributed by atoms with Crippen LogP contribution in [0.1, 0.15) is 0 Å². The van der Waals surface area contributed by atoms with Crippen molar-refractivity contribution in [2.24, 2.45) is 0 Å². The summed E-state index contributed by atoms with van der Waals surface area (Å²) in [4.78, 5) is 0. The summed E-state index contributed by atoms with van der Waals surface area (Å²) in [5, 5.41) is 8.48. The molecule has 0 radical (unpaired) electrons. The lowest BCUT2D eigenvalue weighted by Gasteiger charge is -2.17. The van der Waals surface area contributed by atoms with Crippen LogP contribution in [0.4, 0.5) is 18.9 Å². The summed E-state index contributed by atoms with van der Waals surface area (Å²) in [5.74, 6) is 0.556. The fourth-order valence-electron chi connectivity index (χ4n) is 2.90. The van der Waals surface area contributed by atoms with Gasteiger partial charge in [-0.15, -0.1) is 23.4 Å². The fourth-order valence-corrected chi connectivity index (χ4v) is 3.65. The standard InChI is InChI=1S/C21H25F3N4O2Si/c1-31(2,3)11-10-29-14-28-19(15-6-4-8-17(25)12-15)26-27-20(28)16-7-5-9-18(13-16)30-21(22,23)24/h4-9,12-13H,10-11,14,25H2,1-3H3. The first kappa shape index (κ1) is 22.8. The first-order valence-corrected chi connectivity index (χ1v) is 13.5. The molecule has 31 heavy (non-hydrogen) atoms. The van der Waals surface area contributed by atoms with E-state index < -0.39 is 14.4 Å². The molecule has 2 N–H and O–H groups in total. The van der Waals surface area contributed by atoms with E-state index in [4.69, 9.17) is 10.5 Å². The van der Waals surface area contributed by atoms with Crippen molar-refractivity contribution in [3.05, 3.63) is 48.5 Å². The monoisotopic (exact) mass is 450 g/mol. The lowest BCUT2D eigenvalue weighted by atomic mass is 10.1. The number of alkyl halides is 3. The SMILES string of the molecule is C[Si](C)(C)CCOCn1c(-c2cccc(N)c2)nnc1-c1cccc(OC(F)(F)F)c1. The number of hydrogen-bond acceptors (Lipinski definition) is 5. The van der Waals surface area contributed by atoms with E-state index in [1.54, 1.807) is 28.8 Å². The molecule has 0 spiro atoms. The zero-order valence-corrected chi connectivity index (χ0v) is 18.6. The number of ether oxygens (including phenoxy) is 2. The molecule has 0 unspecified atom stereocenters. The highest BCUT2D eigenvalue weighted by Crippen LogP contribution is 2.30. The van der Waals surface area contributed by atoms with Crippen LogP contribution in [0.3, 0.4) is 0 Å². The summed E-state index contributed by atoms with van der Waals surface area (Å²) in [6, 6.07) is 13.8. The predicted octanol–water partition coefficient (Wildman–Crippen LogP) is 5.41. The maximum Gasteiger partial charge on any atom is 0.573 e. The summed E-state index contributed by atoms with van der Waals surface area (Å²) in [6.07, 6.45) is -4.78. The molecule has 0 saturated heterocycles. The Labute approximate surface area is 179 Å². The Kier molecular flexibility index (Phi) is 6.70. The van der Waals surface area contributed by atoms with Gasteiger partial charge in [0.1, 0.15) is 12.5 Å². The Morgan fingerprint density at radius 2 is 1.58 bits per heavy atom. The Hall–Kier alpha value is -2.85. The first-order chi connectivity index (χ1) is 14.5. The molecule has 0 saturated carbocycles. The second-order valence-electron chi connectivity index (χ2n) is 8.32. The van der Waals surface area contributed by atoms with Crippen molar-refractivity contribution in [2.75, 3.05) is 12.3 Å². The van der Waals surface area contributed by atoms with Crippen LogP contribution in [-0.4, -0.2) is 35.8 Å². The number of hydrogen-bond donors (Lipinski definition) is 1. The molecule has 3 rings (SSSR count). The topological polar surface area (TPSA) is 75.2 Å². The number of aromatic nitrogens is 3. The van der Waals surface area contributed by atoms with Crippen LogP contribution >= 0.6 is 0 Å². The van der Waals surface area contributed by atoms with Crippen molar-refractivity contribution in [1.29, 1.82) is 0 Å². The minimum absolute atomic E-state index is 0.154.